The second-order valence-electron chi connectivity index (χ2n) is 9.89. The van der Waals surface area contributed by atoms with Crippen LogP contribution in [-0.2, 0) is 0 Å². The summed E-state index contributed by atoms with van der Waals surface area (Å²) in [4.78, 5) is 15.1. The van der Waals surface area contributed by atoms with Crippen molar-refractivity contribution in [1.82, 2.24) is 15.0 Å². The molecule has 37 heavy (non-hydrogen) atoms. The van der Waals surface area contributed by atoms with Crippen LogP contribution in [0.3, 0.4) is 0 Å². The Morgan fingerprint density at radius 2 is 1.78 bits per heavy atom. The number of alkyl halides is 3. The van der Waals surface area contributed by atoms with E-state index < -0.39 is 25.0 Å². The van der Waals surface area contributed by atoms with Gasteiger partial charge in [0.05, 0.1) is 11.8 Å². The number of halogens is 4. The van der Waals surface area contributed by atoms with E-state index >= 15 is 4.39 Å². The molecule has 2 aromatic carbocycles. The summed E-state index contributed by atoms with van der Waals surface area (Å²) in [5, 5.41) is 12.0. The number of fused-ring (bicyclic) bond motifs is 4. The topological polar surface area (TPSA) is 71.4 Å². The number of pyridine rings is 1. The lowest BCUT2D eigenvalue weighted by Crippen LogP contribution is -2.37. The first-order valence-electron chi connectivity index (χ1n) is 12.3. The highest BCUT2D eigenvalue weighted by Gasteiger charge is 2.35. The summed E-state index contributed by atoms with van der Waals surface area (Å²) in [5.74, 6) is 0.612. The van der Waals surface area contributed by atoms with Gasteiger partial charge < -0.3 is 14.7 Å². The zero-order valence-electron chi connectivity index (χ0n) is 19.8. The van der Waals surface area contributed by atoms with Crippen molar-refractivity contribution in [1.29, 1.82) is 0 Å². The van der Waals surface area contributed by atoms with Gasteiger partial charge in [0.25, 0.3) is 0 Å². The first-order valence-corrected chi connectivity index (χ1v) is 12.3. The normalized spacial score (nSPS) is 19.6. The van der Waals surface area contributed by atoms with Crippen molar-refractivity contribution in [3.8, 4) is 23.0 Å². The van der Waals surface area contributed by atoms with Gasteiger partial charge in [0.2, 0.25) is 0 Å². The van der Waals surface area contributed by atoms with Crippen molar-refractivity contribution < 1.29 is 27.4 Å². The highest BCUT2D eigenvalue weighted by atomic mass is 19.4. The van der Waals surface area contributed by atoms with Gasteiger partial charge >= 0.3 is 12.2 Å². The molecule has 2 atom stereocenters. The maximum atomic E-state index is 16.1. The van der Waals surface area contributed by atoms with E-state index in [-0.39, 0.29) is 23.0 Å². The van der Waals surface area contributed by atoms with Gasteiger partial charge in [-0.15, -0.1) is 0 Å². The van der Waals surface area contributed by atoms with Gasteiger partial charge in [0.1, 0.15) is 29.4 Å². The number of aromatic nitrogens is 3. The predicted octanol–water partition coefficient (Wildman–Crippen LogP) is 6.26. The third-order valence-electron chi connectivity index (χ3n) is 7.27. The fourth-order valence-corrected chi connectivity index (χ4v) is 5.64. The SMILES string of the molecule is Oc1cc(-c2ncc3c(N4CC5CCC(C5)C4)nc(OCCC(F)(F)F)nc3c2F)c2ccccc2c1. The zero-order valence-corrected chi connectivity index (χ0v) is 19.8. The Bertz CT molecular complexity index is 1480. The van der Waals surface area contributed by atoms with Gasteiger partial charge in [-0.3, -0.25) is 4.98 Å². The van der Waals surface area contributed by atoms with Gasteiger partial charge in [-0.1, -0.05) is 24.3 Å². The van der Waals surface area contributed by atoms with E-state index in [1.807, 2.05) is 6.07 Å². The standard InChI is InChI=1S/C27H24F4N4O2/c28-22-23(20-11-18(36)10-17-3-1-2-4-19(17)20)32-12-21-24(22)33-26(37-8-7-27(29,30)31)34-25(21)35-13-15-5-6-16(9-15)14-35/h1-4,10-12,15-16,36H,5-9,13-14H2. The predicted molar refractivity (Wildman–Crippen MR) is 131 cm³/mol. The highest BCUT2D eigenvalue weighted by molar-refractivity contribution is 5.99. The monoisotopic (exact) mass is 512 g/mol. The molecule has 1 N–H and O–H groups in total. The minimum atomic E-state index is -4.40. The molecular formula is C27H24F4N4O2. The molecule has 2 unspecified atom stereocenters. The number of hydrogen-bond acceptors (Lipinski definition) is 6. The lowest BCUT2D eigenvalue weighted by molar-refractivity contribution is -0.139. The molecule has 6 rings (SSSR count). The van der Waals surface area contributed by atoms with Crippen molar-refractivity contribution in [3.63, 3.8) is 0 Å². The molecule has 2 fully saturated rings. The second-order valence-corrected chi connectivity index (χ2v) is 9.89. The van der Waals surface area contributed by atoms with E-state index in [0.717, 1.165) is 32.4 Å². The van der Waals surface area contributed by atoms with Crippen molar-refractivity contribution in [3.05, 3.63) is 48.4 Å². The number of rotatable bonds is 5. The van der Waals surface area contributed by atoms with Gasteiger partial charge in [0, 0.05) is 24.8 Å². The van der Waals surface area contributed by atoms with Crippen LogP contribution in [0.2, 0.25) is 0 Å². The Labute approximate surface area is 209 Å². The van der Waals surface area contributed by atoms with Gasteiger partial charge in [-0.05, 0) is 54.0 Å². The van der Waals surface area contributed by atoms with E-state index in [1.54, 1.807) is 24.3 Å². The fraction of sp³-hybridized carbons (Fsp3) is 0.370. The Balaban J connectivity index is 1.49. The Hall–Kier alpha value is -3.69. The summed E-state index contributed by atoms with van der Waals surface area (Å²) in [6, 6.07) is 9.93. The quantitative estimate of drug-likeness (QED) is 0.319. The van der Waals surface area contributed by atoms with Crippen LogP contribution in [0.1, 0.15) is 25.7 Å². The van der Waals surface area contributed by atoms with Crippen LogP contribution >= 0.6 is 0 Å². The molecule has 6 nitrogen and oxygen atoms in total. The molecular weight excluding hydrogens is 488 g/mol. The average molecular weight is 513 g/mol. The van der Waals surface area contributed by atoms with E-state index in [2.05, 4.69) is 19.9 Å². The molecule has 10 heteroatoms. The number of aromatic hydroxyl groups is 1. The van der Waals surface area contributed by atoms with Crippen LogP contribution in [0.4, 0.5) is 23.4 Å². The third kappa shape index (κ3) is 4.60. The minimum absolute atomic E-state index is 0.0239. The Morgan fingerprint density at radius 3 is 2.54 bits per heavy atom. The first-order chi connectivity index (χ1) is 17.7. The van der Waals surface area contributed by atoms with E-state index in [9.17, 15) is 18.3 Å². The molecule has 3 heterocycles. The largest absolute Gasteiger partial charge is 0.508 e. The minimum Gasteiger partial charge on any atom is -0.508 e. The molecule has 192 valence electrons. The molecule has 1 aliphatic carbocycles. The molecule has 2 aliphatic rings. The lowest BCUT2D eigenvalue weighted by Gasteiger charge is -2.33. The second kappa shape index (κ2) is 9.00. The molecule has 1 aliphatic heterocycles. The average Bonchev–Trinajstić information content (AvgIpc) is 3.20. The number of anilines is 1. The van der Waals surface area contributed by atoms with E-state index in [0.29, 0.717) is 39.4 Å². The van der Waals surface area contributed by atoms with Crippen molar-refractivity contribution in [2.45, 2.75) is 31.9 Å². The smallest absolute Gasteiger partial charge is 0.392 e. The molecule has 4 aromatic rings. The van der Waals surface area contributed by atoms with Crippen molar-refractivity contribution in [2.75, 3.05) is 24.6 Å². The maximum Gasteiger partial charge on any atom is 0.392 e. The number of nitrogens with zero attached hydrogens (tertiary/aromatic N) is 4. The fourth-order valence-electron chi connectivity index (χ4n) is 5.64. The molecule has 2 aromatic heterocycles. The summed E-state index contributed by atoms with van der Waals surface area (Å²) in [6.07, 6.45) is -0.712. The van der Waals surface area contributed by atoms with Crippen LogP contribution in [0.25, 0.3) is 32.9 Å². The van der Waals surface area contributed by atoms with E-state index in [4.69, 9.17) is 4.74 Å². The highest BCUT2D eigenvalue weighted by Crippen LogP contribution is 2.41. The van der Waals surface area contributed by atoms with Gasteiger partial charge in [-0.2, -0.15) is 23.1 Å². The lowest BCUT2D eigenvalue weighted by atomic mass is 9.98. The van der Waals surface area contributed by atoms with Gasteiger partial charge in [-0.25, -0.2) is 4.39 Å². The Kier molecular flexibility index (Phi) is 5.77. The number of phenolic OH excluding ortho intramolecular Hbond substituents is 1. The zero-order chi connectivity index (χ0) is 25.7. The van der Waals surface area contributed by atoms with Crippen molar-refractivity contribution >= 4 is 27.5 Å². The number of phenols is 1. The Morgan fingerprint density at radius 1 is 1.03 bits per heavy atom. The van der Waals surface area contributed by atoms with Crippen LogP contribution in [0, 0.1) is 17.7 Å². The summed E-state index contributed by atoms with van der Waals surface area (Å²) in [6.45, 7) is 0.785. The third-order valence-corrected chi connectivity index (χ3v) is 7.27. The van der Waals surface area contributed by atoms with Crippen molar-refractivity contribution in [2.24, 2.45) is 11.8 Å². The first kappa shape index (κ1) is 23.7. The summed E-state index contributed by atoms with van der Waals surface area (Å²) < 4.78 is 59.6. The number of piperidine rings is 1. The summed E-state index contributed by atoms with van der Waals surface area (Å²) in [5.41, 5.74) is 0.275. The molecule has 0 amide bonds. The molecule has 1 saturated heterocycles. The van der Waals surface area contributed by atoms with Crippen LogP contribution < -0.4 is 9.64 Å². The van der Waals surface area contributed by atoms with Crippen LogP contribution in [-0.4, -0.2) is 45.9 Å². The number of hydrogen-bond donors (Lipinski definition) is 1. The molecule has 2 bridgehead atoms. The summed E-state index contributed by atoms with van der Waals surface area (Å²) >= 11 is 0. The van der Waals surface area contributed by atoms with Crippen LogP contribution in [0.5, 0.6) is 11.8 Å². The van der Waals surface area contributed by atoms with E-state index in [1.165, 1.54) is 12.3 Å². The molecule has 0 radical (unpaired) electrons. The maximum absolute atomic E-state index is 16.1. The number of benzene rings is 2. The molecule has 0 spiro atoms. The van der Waals surface area contributed by atoms with Gasteiger partial charge in [0.15, 0.2) is 5.82 Å². The number of ether oxygens (including phenoxy) is 1. The van der Waals surface area contributed by atoms with Crippen LogP contribution in [0.15, 0.2) is 42.6 Å². The summed E-state index contributed by atoms with van der Waals surface area (Å²) in [7, 11) is 0. The molecule has 1 saturated carbocycles.